The normalized spacial score (nSPS) is 12.8. The van der Waals surface area contributed by atoms with E-state index >= 15 is 0 Å². The largest absolute Gasteiger partial charge is 0.327 e. The molecule has 0 saturated heterocycles. The van der Waals surface area contributed by atoms with Gasteiger partial charge in [0.1, 0.15) is 12.2 Å². The smallest absolute Gasteiger partial charge is 0.138 e. The molecule has 0 bridgehead atoms. The van der Waals surface area contributed by atoms with Crippen molar-refractivity contribution in [3.05, 3.63) is 41.4 Å². The Labute approximate surface area is 128 Å². The zero-order chi connectivity index (χ0) is 14.5. The van der Waals surface area contributed by atoms with Crippen LogP contribution in [-0.4, -0.2) is 26.6 Å². The number of rotatable bonds is 6. The van der Waals surface area contributed by atoms with E-state index in [2.05, 4.69) is 23.9 Å². The van der Waals surface area contributed by atoms with E-state index in [1.165, 1.54) is 4.90 Å². The third-order valence-electron chi connectivity index (χ3n) is 2.86. The molecule has 1 aromatic carbocycles. The van der Waals surface area contributed by atoms with Gasteiger partial charge in [-0.05, 0) is 38.1 Å². The summed E-state index contributed by atoms with van der Waals surface area (Å²) in [4.78, 5) is 5.47. The molecule has 2 aromatic rings. The van der Waals surface area contributed by atoms with Crippen LogP contribution in [0.2, 0.25) is 5.02 Å². The van der Waals surface area contributed by atoms with Gasteiger partial charge in [-0.1, -0.05) is 11.6 Å². The summed E-state index contributed by atoms with van der Waals surface area (Å²) >= 11 is 7.60. The molecule has 1 heterocycles. The van der Waals surface area contributed by atoms with Gasteiger partial charge in [-0.15, -0.1) is 11.8 Å². The van der Waals surface area contributed by atoms with Gasteiger partial charge in [0.2, 0.25) is 0 Å². The van der Waals surface area contributed by atoms with E-state index in [9.17, 15) is 0 Å². The van der Waals surface area contributed by atoms with Gasteiger partial charge in [-0.25, -0.2) is 9.67 Å². The fraction of sp³-hybridized carbons (Fsp3) is 0.429. The number of hydrogen-bond acceptors (Lipinski definition) is 4. The summed E-state index contributed by atoms with van der Waals surface area (Å²) in [5.41, 5.74) is 6.18. The second-order valence-corrected chi connectivity index (χ2v) is 6.47. The summed E-state index contributed by atoms with van der Waals surface area (Å²) in [6, 6.07) is 8.17. The van der Waals surface area contributed by atoms with E-state index in [1.54, 1.807) is 18.1 Å². The predicted molar refractivity (Wildman–Crippen MR) is 84.3 cm³/mol. The first kappa shape index (κ1) is 15.4. The maximum atomic E-state index is 6.18. The van der Waals surface area contributed by atoms with Gasteiger partial charge in [0.05, 0.1) is 0 Å². The van der Waals surface area contributed by atoms with Crippen molar-refractivity contribution in [2.45, 2.75) is 37.2 Å². The van der Waals surface area contributed by atoms with Crippen molar-refractivity contribution < 1.29 is 0 Å². The molecule has 0 aliphatic rings. The van der Waals surface area contributed by atoms with Crippen LogP contribution in [0.25, 0.3) is 0 Å². The average Bonchev–Trinajstić information content (AvgIpc) is 2.86. The third-order valence-corrected chi connectivity index (χ3v) is 4.31. The van der Waals surface area contributed by atoms with Crippen molar-refractivity contribution >= 4 is 23.4 Å². The highest BCUT2D eigenvalue weighted by atomic mass is 35.5. The first-order chi connectivity index (χ1) is 9.56. The Morgan fingerprint density at radius 1 is 1.30 bits per heavy atom. The first-order valence-corrected chi connectivity index (χ1v) is 7.95. The van der Waals surface area contributed by atoms with Crippen LogP contribution in [0.15, 0.2) is 35.5 Å². The van der Waals surface area contributed by atoms with E-state index in [4.69, 9.17) is 17.3 Å². The molecule has 2 N–H and O–H groups in total. The Bertz CT molecular complexity index is 538. The molecule has 20 heavy (non-hydrogen) atoms. The number of nitrogens with zero attached hydrogens (tertiary/aromatic N) is 3. The minimum absolute atomic E-state index is 0.0531. The number of benzene rings is 1. The van der Waals surface area contributed by atoms with Crippen LogP contribution in [0.3, 0.4) is 0 Å². The second-order valence-electron chi connectivity index (χ2n) is 4.94. The lowest BCUT2D eigenvalue weighted by Gasteiger charge is -2.13. The predicted octanol–water partition coefficient (Wildman–Crippen LogP) is 3.17. The molecule has 0 aliphatic heterocycles. The van der Waals surface area contributed by atoms with Gasteiger partial charge >= 0.3 is 0 Å². The lowest BCUT2D eigenvalue weighted by molar-refractivity contribution is 0.496. The molecular formula is C14H19ClN4S. The number of thioether (sulfide) groups is 1. The minimum atomic E-state index is 0.0531. The molecule has 1 aromatic heterocycles. The Kier molecular flexibility index (Phi) is 5.46. The van der Waals surface area contributed by atoms with Gasteiger partial charge in [0.25, 0.3) is 0 Å². The highest BCUT2D eigenvalue weighted by molar-refractivity contribution is 7.99. The van der Waals surface area contributed by atoms with Crippen LogP contribution in [0.4, 0.5) is 0 Å². The van der Waals surface area contributed by atoms with Crippen molar-refractivity contribution in [2.75, 3.05) is 5.75 Å². The minimum Gasteiger partial charge on any atom is -0.327 e. The standard InChI is InChI=1S/C14H19ClN4S/c1-10(2)19-14(17-9-18-19)7-12(16)8-20-13-5-3-11(15)4-6-13/h3-6,9-10,12H,7-8,16H2,1-2H3. The molecule has 4 nitrogen and oxygen atoms in total. The van der Waals surface area contributed by atoms with Crippen molar-refractivity contribution in [1.82, 2.24) is 14.8 Å². The Morgan fingerprint density at radius 3 is 2.65 bits per heavy atom. The molecule has 0 spiro atoms. The summed E-state index contributed by atoms with van der Waals surface area (Å²) in [5, 5.41) is 4.98. The van der Waals surface area contributed by atoms with Crippen LogP contribution >= 0.6 is 23.4 Å². The van der Waals surface area contributed by atoms with E-state index in [-0.39, 0.29) is 6.04 Å². The second kappa shape index (κ2) is 7.11. The molecule has 0 aliphatic carbocycles. The molecule has 1 atom stereocenters. The summed E-state index contributed by atoms with van der Waals surface area (Å²) in [6.07, 6.45) is 2.33. The maximum absolute atomic E-state index is 6.18. The van der Waals surface area contributed by atoms with Crippen molar-refractivity contribution in [1.29, 1.82) is 0 Å². The molecule has 0 amide bonds. The van der Waals surface area contributed by atoms with E-state index in [0.717, 1.165) is 23.0 Å². The molecule has 0 fully saturated rings. The van der Waals surface area contributed by atoms with Gasteiger partial charge < -0.3 is 5.73 Å². The van der Waals surface area contributed by atoms with Crippen LogP contribution in [0, 0.1) is 0 Å². The van der Waals surface area contributed by atoms with Crippen molar-refractivity contribution in [3.63, 3.8) is 0 Å². The number of nitrogens with two attached hydrogens (primary N) is 1. The summed E-state index contributed by atoms with van der Waals surface area (Å²) in [6.45, 7) is 4.18. The molecule has 6 heteroatoms. The van der Waals surface area contributed by atoms with E-state index in [1.807, 2.05) is 28.9 Å². The zero-order valence-corrected chi connectivity index (χ0v) is 13.2. The van der Waals surface area contributed by atoms with Crippen LogP contribution < -0.4 is 5.73 Å². The number of hydrogen-bond donors (Lipinski definition) is 1. The molecule has 108 valence electrons. The van der Waals surface area contributed by atoms with Gasteiger partial charge in [-0.2, -0.15) is 5.10 Å². The zero-order valence-electron chi connectivity index (χ0n) is 11.7. The van der Waals surface area contributed by atoms with Gasteiger partial charge in [0.15, 0.2) is 0 Å². The average molecular weight is 311 g/mol. The molecule has 2 rings (SSSR count). The highest BCUT2D eigenvalue weighted by Gasteiger charge is 2.12. The number of aromatic nitrogens is 3. The fourth-order valence-corrected chi connectivity index (χ4v) is 2.86. The maximum Gasteiger partial charge on any atom is 0.138 e. The number of halogens is 1. The lowest BCUT2D eigenvalue weighted by Crippen LogP contribution is -2.27. The van der Waals surface area contributed by atoms with Crippen molar-refractivity contribution in [2.24, 2.45) is 5.73 Å². The molecule has 0 radical (unpaired) electrons. The van der Waals surface area contributed by atoms with Crippen LogP contribution in [0.5, 0.6) is 0 Å². The van der Waals surface area contributed by atoms with Crippen LogP contribution in [0.1, 0.15) is 25.7 Å². The molecule has 0 saturated carbocycles. The lowest BCUT2D eigenvalue weighted by atomic mass is 10.2. The molecule has 1 unspecified atom stereocenters. The summed E-state index contributed by atoms with van der Waals surface area (Å²) in [7, 11) is 0. The van der Waals surface area contributed by atoms with Crippen molar-refractivity contribution in [3.8, 4) is 0 Å². The Morgan fingerprint density at radius 2 is 2.00 bits per heavy atom. The SMILES string of the molecule is CC(C)n1ncnc1CC(N)CSc1ccc(Cl)cc1. The van der Waals surface area contributed by atoms with Gasteiger partial charge in [-0.3, -0.25) is 0 Å². The quantitative estimate of drug-likeness (QED) is 0.833. The topological polar surface area (TPSA) is 56.7 Å². The van der Waals surface area contributed by atoms with Crippen LogP contribution in [-0.2, 0) is 6.42 Å². The third kappa shape index (κ3) is 4.23. The summed E-state index contributed by atoms with van der Waals surface area (Å²) < 4.78 is 1.92. The monoisotopic (exact) mass is 310 g/mol. The van der Waals surface area contributed by atoms with E-state index in [0.29, 0.717) is 6.04 Å². The first-order valence-electron chi connectivity index (χ1n) is 6.58. The van der Waals surface area contributed by atoms with E-state index < -0.39 is 0 Å². The Balaban J connectivity index is 1.87. The molecular weight excluding hydrogens is 292 g/mol. The highest BCUT2D eigenvalue weighted by Crippen LogP contribution is 2.21. The summed E-state index contributed by atoms with van der Waals surface area (Å²) in [5.74, 6) is 1.79. The van der Waals surface area contributed by atoms with Gasteiger partial charge in [0, 0.05) is 34.2 Å². The Hall–Kier alpha value is -1.04. The fourth-order valence-electron chi connectivity index (χ4n) is 1.88.